The van der Waals surface area contributed by atoms with Crippen LogP contribution < -0.4 is 5.32 Å². The molecule has 1 aliphatic carbocycles. The first kappa shape index (κ1) is 25.4. The van der Waals surface area contributed by atoms with E-state index in [0.717, 1.165) is 43.6 Å². The lowest BCUT2D eigenvalue weighted by atomic mass is 9.82. The standard InChI is InChI=1S/C25H42N4O2S/c1-24(2,3)16-21(15-22(30)29-11-13-32-14-12-29)23(31)27-25(18-26)9-10-28(19-25)17-20-7-5-4-6-8-20/h20-21H,4-17,19H2,1-3H3,(H,27,31). The molecule has 32 heavy (non-hydrogen) atoms. The van der Waals surface area contributed by atoms with Gasteiger partial charge < -0.3 is 10.2 Å². The van der Waals surface area contributed by atoms with Crippen LogP contribution in [0.1, 0.15) is 72.1 Å². The fourth-order valence-corrected chi connectivity index (χ4v) is 6.39. The number of thioether (sulfide) groups is 1. The number of nitrogens with zero attached hydrogens (tertiary/aromatic N) is 3. The van der Waals surface area contributed by atoms with Crippen LogP contribution in [-0.2, 0) is 9.59 Å². The number of hydrogen-bond acceptors (Lipinski definition) is 5. The maximum absolute atomic E-state index is 13.4. The van der Waals surface area contributed by atoms with Gasteiger partial charge in [-0.05, 0) is 37.0 Å². The Balaban J connectivity index is 1.61. The highest BCUT2D eigenvalue weighted by molar-refractivity contribution is 7.99. The molecule has 1 saturated carbocycles. The summed E-state index contributed by atoms with van der Waals surface area (Å²) in [7, 11) is 0. The summed E-state index contributed by atoms with van der Waals surface area (Å²) in [4.78, 5) is 30.6. The second-order valence-electron chi connectivity index (χ2n) is 11.3. The first-order valence-corrected chi connectivity index (χ1v) is 13.7. The Kier molecular flexibility index (Phi) is 8.91. The summed E-state index contributed by atoms with van der Waals surface area (Å²) >= 11 is 1.87. The number of carbonyl (C=O) groups is 2. The van der Waals surface area contributed by atoms with E-state index in [4.69, 9.17) is 0 Å². The lowest BCUT2D eigenvalue weighted by molar-refractivity contribution is -0.137. The monoisotopic (exact) mass is 462 g/mol. The summed E-state index contributed by atoms with van der Waals surface area (Å²) in [6, 6.07) is 2.44. The Labute approximate surface area is 198 Å². The van der Waals surface area contributed by atoms with E-state index in [2.05, 4.69) is 37.1 Å². The zero-order valence-corrected chi connectivity index (χ0v) is 21.1. The predicted octanol–water partition coefficient (Wildman–Crippen LogP) is 3.67. The molecule has 1 N–H and O–H groups in total. The molecule has 0 spiro atoms. The molecule has 2 atom stereocenters. The van der Waals surface area contributed by atoms with Crippen molar-refractivity contribution in [1.82, 2.24) is 15.1 Å². The van der Waals surface area contributed by atoms with E-state index in [1.807, 2.05) is 16.7 Å². The van der Waals surface area contributed by atoms with E-state index in [-0.39, 0.29) is 23.7 Å². The highest BCUT2D eigenvalue weighted by Gasteiger charge is 2.42. The number of hydrogen-bond donors (Lipinski definition) is 1. The van der Waals surface area contributed by atoms with Gasteiger partial charge in [0.05, 0.1) is 6.07 Å². The van der Waals surface area contributed by atoms with Crippen molar-refractivity contribution in [2.24, 2.45) is 17.3 Å². The van der Waals surface area contributed by atoms with Gasteiger partial charge in [-0.1, -0.05) is 40.0 Å². The zero-order chi connectivity index (χ0) is 23.2. The van der Waals surface area contributed by atoms with Gasteiger partial charge in [0.2, 0.25) is 11.8 Å². The van der Waals surface area contributed by atoms with Gasteiger partial charge in [0.15, 0.2) is 0 Å². The van der Waals surface area contributed by atoms with Crippen molar-refractivity contribution in [3.8, 4) is 6.07 Å². The largest absolute Gasteiger partial charge is 0.341 e. The van der Waals surface area contributed by atoms with Crippen LogP contribution in [0, 0.1) is 28.6 Å². The molecule has 3 fully saturated rings. The first-order valence-electron chi connectivity index (χ1n) is 12.5. The molecule has 0 bridgehead atoms. The number of nitrogens with one attached hydrogen (secondary N) is 1. The van der Waals surface area contributed by atoms with E-state index < -0.39 is 11.5 Å². The molecule has 0 radical (unpaired) electrons. The smallest absolute Gasteiger partial charge is 0.224 e. The Morgan fingerprint density at radius 3 is 2.47 bits per heavy atom. The molecule has 3 aliphatic rings. The van der Waals surface area contributed by atoms with Crippen LogP contribution in [0.25, 0.3) is 0 Å². The number of rotatable bonds is 7. The Hall–Kier alpha value is -1.26. The minimum Gasteiger partial charge on any atom is -0.341 e. The van der Waals surface area contributed by atoms with Crippen molar-refractivity contribution in [1.29, 1.82) is 5.26 Å². The average molecular weight is 463 g/mol. The second-order valence-corrected chi connectivity index (χ2v) is 12.6. The van der Waals surface area contributed by atoms with E-state index >= 15 is 0 Å². The summed E-state index contributed by atoms with van der Waals surface area (Å²) in [5.41, 5.74) is -0.894. The van der Waals surface area contributed by atoms with Crippen molar-refractivity contribution < 1.29 is 9.59 Å². The SMILES string of the molecule is CC(C)(C)CC(CC(=O)N1CCSCC1)C(=O)NC1(C#N)CCN(CC2CCCCC2)C1. The van der Waals surface area contributed by atoms with E-state index in [9.17, 15) is 14.9 Å². The van der Waals surface area contributed by atoms with Gasteiger partial charge in [0.1, 0.15) is 5.54 Å². The minimum atomic E-state index is -0.827. The molecule has 6 nitrogen and oxygen atoms in total. The van der Waals surface area contributed by atoms with Crippen LogP contribution in [0.4, 0.5) is 0 Å². The van der Waals surface area contributed by atoms with Gasteiger partial charge in [-0.2, -0.15) is 17.0 Å². The highest BCUT2D eigenvalue weighted by Crippen LogP contribution is 2.31. The van der Waals surface area contributed by atoms with Crippen LogP contribution in [0.3, 0.4) is 0 Å². The van der Waals surface area contributed by atoms with Crippen molar-refractivity contribution in [3.05, 3.63) is 0 Å². The molecule has 2 unspecified atom stereocenters. The Bertz CT molecular complexity index is 689. The molecule has 2 heterocycles. The molecule has 0 aromatic carbocycles. The number of nitriles is 1. The Morgan fingerprint density at radius 2 is 1.84 bits per heavy atom. The van der Waals surface area contributed by atoms with E-state index in [1.165, 1.54) is 32.1 Å². The van der Waals surface area contributed by atoms with Gasteiger partial charge >= 0.3 is 0 Å². The molecule has 2 aliphatic heterocycles. The number of likely N-dealkylation sites (tertiary alicyclic amines) is 1. The fraction of sp³-hybridized carbons (Fsp3) is 0.880. The maximum Gasteiger partial charge on any atom is 0.224 e. The molecule has 3 rings (SSSR count). The fourth-order valence-electron chi connectivity index (χ4n) is 5.49. The normalized spacial score (nSPS) is 26.5. The lowest BCUT2D eigenvalue weighted by Gasteiger charge is -2.32. The molecule has 0 aromatic heterocycles. The molecule has 180 valence electrons. The first-order chi connectivity index (χ1) is 15.2. The number of amides is 2. The maximum atomic E-state index is 13.4. The predicted molar refractivity (Wildman–Crippen MR) is 130 cm³/mol. The third kappa shape index (κ3) is 7.38. The molecule has 2 amide bonds. The van der Waals surface area contributed by atoms with Crippen molar-refractivity contribution in [2.75, 3.05) is 44.2 Å². The van der Waals surface area contributed by atoms with Crippen molar-refractivity contribution in [2.45, 2.75) is 77.7 Å². The number of carbonyl (C=O) groups excluding carboxylic acids is 2. The Morgan fingerprint density at radius 1 is 1.16 bits per heavy atom. The van der Waals surface area contributed by atoms with Crippen LogP contribution in [0.5, 0.6) is 0 Å². The summed E-state index contributed by atoms with van der Waals surface area (Å²) < 4.78 is 0. The minimum absolute atomic E-state index is 0.0669. The summed E-state index contributed by atoms with van der Waals surface area (Å²) in [6.45, 7) is 10.4. The van der Waals surface area contributed by atoms with E-state index in [1.54, 1.807) is 0 Å². The average Bonchev–Trinajstić information content (AvgIpc) is 3.16. The van der Waals surface area contributed by atoms with Crippen LogP contribution in [0.15, 0.2) is 0 Å². The third-order valence-corrected chi connectivity index (χ3v) is 8.12. The van der Waals surface area contributed by atoms with Gasteiger partial charge in [-0.3, -0.25) is 14.5 Å². The van der Waals surface area contributed by atoms with Gasteiger partial charge in [0, 0.05) is 56.6 Å². The summed E-state index contributed by atoms with van der Waals surface area (Å²) in [6.07, 6.45) is 8.09. The van der Waals surface area contributed by atoms with Gasteiger partial charge in [0.25, 0.3) is 0 Å². The molecule has 2 saturated heterocycles. The lowest BCUT2D eigenvalue weighted by Crippen LogP contribution is -2.52. The second kappa shape index (κ2) is 11.2. The van der Waals surface area contributed by atoms with Crippen LogP contribution >= 0.6 is 11.8 Å². The molecular formula is C25H42N4O2S. The van der Waals surface area contributed by atoms with Crippen LogP contribution in [0.2, 0.25) is 0 Å². The topological polar surface area (TPSA) is 76.4 Å². The highest BCUT2D eigenvalue weighted by atomic mass is 32.2. The molecule has 7 heteroatoms. The van der Waals surface area contributed by atoms with Crippen LogP contribution in [-0.4, -0.2) is 71.4 Å². The van der Waals surface area contributed by atoms with Crippen molar-refractivity contribution >= 4 is 23.6 Å². The summed E-state index contributed by atoms with van der Waals surface area (Å²) in [5, 5.41) is 13.1. The van der Waals surface area contributed by atoms with Gasteiger partial charge in [-0.25, -0.2) is 0 Å². The summed E-state index contributed by atoms with van der Waals surface area (Å²) in [5.74, 6) is 2.22. The quantitative estimate of drug-likeness (QED) is 0.625. The third-order valence-electron chi connectivity index (χ3n) is 7.18. The zero-order valence-electron chi connectivity index (χ0n) is 20.3. The molecule has 0 aromatic rings. The van der Waals surface area contributed by atoms with Crippen molar-refractivity contribution in [3.63, 3.8) is 0 Å². The van der Waals surface area contributed by atoms with E-state index in [0.29, 0.717) is 19.4 Å². The molecular weight excluding hydrogens is 420 g/mol. The van der Waals surface area contributed by atoms with Gasteiger partial charge in [-0.15, -0.1) is 0 Å².